The third kappa shape index (κ3) is 2.17. The molecule has 2 nitrogen and oxygen atoms in total. The topological polar surface area (TPSA) is 19.0 Å². The monoisotopic (exact) mass is 260 g/mol. The summed E-state index contributed by atoms with van der Waals surface area (Å²) >= 11 is 1.81. The Hall–Kier alpha value is -0.930. The highest BCUT2D eigenvalue weighted by atomic mass is 32.2. The highest BCUT2D eigenvalue weighted by Crippen LogP contribution is 2.27. The lowest BCUT2D eigenvalue weighted by Crippen LogP contribution is -2.26. The Balaban J connectivity index is 1.91. The van der Waals surface area contributed by atoms with Crippen molar-refractivity contribution in [3.05, 3.63) is 30.0 Å². The molecule has 1 aromatic heterocycles. The van der Waals surface area contributed by atoms with Crippen molar-refractivity contribution in [2.45, 2.75) is 30.2 Å². The highest BCUT2D eigenvalue weighted by molar-refractivity contribution is 7.98. The van der Waals surface area contributed by atoms with E-state index in [2.05, 4.69) is 47.6 Å². The fraction of sp³-hybridized carbons (Fsp3) is 0.467. The first-order chi connectivity index (χ1) is 8.78. The van der Waals surface area contributed by atoms with Crippen molar-refractivity contribution >= 4 is 22.7 Å². The van der Waals surface area contributed by atoms with E-state index in [0.29, 0.717) is 0 Å². The Morgan fingerprint density at radius 1 is 1.44 bits per heavy atom. The van der Waals surface area contributed by atoms with E-state index in [9.17, 15) is 0 Å². The van der Waals surface area contributed by atoms with Crippen molar-refractivity contribution in [1.82, 2.24) is 9.88 Å². The number of aromatic nitrogens is 1. The van der Waals surface area contributed by atoms with Crippen LogP contribution in [0.5, 0.6) is 0 Å². The zero-order valence-electron chi connectivity index (χ0n) is 11.1. The minimum atomic E-state index is 0.724. The van der Waals surface area contributed by atoms with Gasteiger partial charge in [0.05, 0.1) is 0 Å². The van der Waals surface area contributed by atoms with Crippen LogP contribution in [0.2, 0.25) is 0 Å². The summed E-state index contributed by atoms with van der Waals surface area (Å²) in [5.41, 5.74) is 2.74. The number of fused-ring (bicyclic) bond motifs is 1. The predicted octanol–water partition coefficient (Wildman–Crippen LogP) is 3.53. The van der Waals surface area contributed by atoms with Gasteiger partial charge in [-0.25, -0.2) is 0 Å². The second kappa shape index (κ2) is 4.98. The van der Waals surface area contributed by atoms with Crippen LogP contribution in [-0.2, 0) is 6.42 Å². The Bertz CT molecular complexity index is 546. The molecule has 0 bridgehead atoms. The fourth-order valence-corrected chi connectivity index (χ4v) is 3.38. The number of likely N-dealkylation sites (tertiary alicyclic amines) is 1. The Morgan fingerprint density at radius 2 is 2.33 bits per heavy atom. The first-order valence-electron chi connectivity index (χ1n) is 6.62. The molecule has 1 N–H and O–H groups in total. The van der Waals surface area contributed by atoms with Crippen LogP contribution in [0, 0.1) is 0 Å². The third-order valence-corrected chi connectivity index (χ3v) is 4.83. The van der Waals surface area contributed by atoms with Gasteiger partial charge in [0.1, 0.15) is 0 Å². The second-order valence-corrected chi connectivity index (χ2v) is 6.09. The maximum absolute atomic E-state index is 3.40. The van der Waals surface area contributed by atoms with Crippen molar-refractivity contribution in [1.29, 1.82) is 0 Å². The molecule has 2 aromatic rings. The number of hydrogen-bond acceptors (Lipinski definition) is 2. The normalized spacial score (nSPS) is 20.9. The van der Waals surface area contributed by atoms with E-state index in [1.807, 2.05) is 11.8 Å². The maximum atomic E-state index is 3.40. The van der Waals surface area contributed by atoms with Gasteiger partial charge >= 0.3 is 0 Å². The highest BCUT2D eigenvalue weighted by Gasteiger charge is 2.22. The number of hydrogen-bond donors (Lipinski definition) is 1. The fourth-order valence-electron chi connectivity index (χ4n) is 2.94. The quantitative estimate of drug-likeness (QED) is 0.851. The van der Waals surface area contributed by atoms with Gasteiger partial charge in [-0.15, -0.1) is 11.8 Å². The van der Waals surface area contributed by atoms with E-state index in [1.165, 1.54) is 47.2 Å². The van der Waals surface area contributed by atoms with Crippen molar-refractivity contribution in [2.75, 3.05) is 19.8 Å². The number of benzene rings is 1. The molecular formula is C15H20N2S. The van der Waals surface area contributed by atoms with Crippen LogP contribution >= 0.6 is 11.8 Å². The molecule has 18 heavy (non-hydrogen) atoms. The Kier molecular flexibility index (Phi) is 3.35. The maximum Gasteiger partial charge on any atom is 0.0457 e. The number of nitrogens with zero attached hydrogens (tertiary/aromatic N) is 1. The second-order valence-electron chi connectivity index (χ2n) is 5.21. The van der Waals surface area contributed by atoms with Gasteiger partial charge < -0.3 is 9.88 Å². The number of rotatable bonds is 3. The molecule has 0 saturated carbocycles. The van der Waals surface area contributed by atoms with Crippen LogP contribution < -0.4 is 0 Å². The van der Waals surface area contributed by atoms with E-state index in [1.54, 1.807) is 0 Å². The summed E-state index contributed by atoms with van der Waals surface area (Å²) in [6.45, 7) is 1.25. The summed E-state index contributed by atoms with van der Waals surface area (Å²) < 4.78 is 0. The standard InChI is InChI=1S/C15H20N2S/c1-17-7-3-4-12(17)8-11-10-16-15-6-5-13(18-2)9-14(11)15/h5-6,9-10,12,16H,3-4,7-8H2,1-2H3/t12-/m0/s1. The van der Waals surface area contributed by atoms with Crippen molar-refractivity contribution in [2.24, 2.45) is 0 Å². The SMILES string of the molecule is CSc1ccc2[nH]cc(C[C@@H]3CCCN3C)c2c1. The molecule has 0 aliphatic carbocycles. The van der Waals surface area contributed by atoms with Crippen LogP contribution in [0.3, 0.4) is 0 Å². The van der Waals surface area contributed by atoms with Gasteiger partial charge in [-0.1, -0.05) is 0 Å². The molecule has 1 fully saturated rings. The molecule has 1 aliphatic heterocycles. The molecule has 0 spiro atoms. The van der Waals surface area contributed by atoms with Gasteiger partial charge in [0, 0.05) is 28.0 Å². The number of thioether (sulfide) groups is 1. The molecule has 0 radical (unpaired) electrons. The van der Waals surface area contributed by atoms with E-state index in [4.69, 9.17) is 0 Å². The lowest BCUT2D eigenvalue weighted by Gasteiger charge is -2.18. The summed E-state index contributed by atoms with van der Waals surface area (Å²) in [6.07, 6.45) is 8.19. The molecule has 1 aromatic carbocycles. The average Bonchev–Trinajstić information content (AvgIpc) is 2.97. The zero-order valence-corrected chi connectivity index (χ0v) is 11.9. The summed E-state index contributed by atoms with van der Waals surface area (Å²) in [7, 11) is 2.25. The van der Waals surface area contributed by atoms with E-state index in [0.717, 1.165) is 6.04 Å². The van der Waals surface area contributed by atoms with Crippen molar-refractivity contribution < 1.29 is 0 Å². The summed E-state index contributed by atoms with van der Waals surface area (Å²) in [6, 6.07) is 7.43. The van der Waals surface area contributed by atoms with Gasteiger partial charge in [-0.05, 0) is 62.9 Å². The van der Waals surface area contributed by atoms with Gasteiger partial charge in [0.15, 0.2) is 0 Å². The zero-order chi connectivity index (χ0) is 12.5. The van der Waals surface area contributed by atoms with E-state index in [-0.39, 0.29) is 0 Å². The molecule has 1 saturated heterocycles. The first kappa shape index (κ1) is 12.1. The number of nitrogens with one attached hydrogen (secondary N) is 1. The predicted molar refractivity (Wildman–Crippen MR) is 79.4 cm³/mol. The third-order valence-electron chi connectivity index (χ3n) is 4.10. The minimum absolute atomic E-state index is 0.724. The molecule has 3 heteroatoms. The van der Waals surface area contributed by atoms with Crippen molar-refractivity contribution in [3.63, 3.8) is 0 Å². The molecule has 3 rings (SSSR count). The molecule has 96 valence electrons. The molecule has 0 unspecified atom stereocenters. The number of H-pyrrole nitrogens is 1. The van der Waals surface area contributed by atoms with Crippen LogP contribution in [0.1, 0.15) is 18.4 Å². The van der Waals surface area contributed by atoms with Gasteiger partial charge in [-0.3, -0.25) is 0 Å². The van der Waals surface area contributed by atoms with Crippen LogP contribution in [0.4, 0.5) is 0 Å². The lowest BCUT2D eigenvalue weighted by atomic mass is 10.0. The first-order valence-corrected chi connectivity index (χ1v) is 7.84. The van der Waals surface area contributed by atoms with Gasteiger partial charge in [0.25, 0.3) is 0 Å². The molecular weight excluding hydrogens is 240 g/mol. The van der Waals surface area contributed by atoms with Gasteiger partial charge in [0.2, 0.25) is 0 Å². The Morgan fingerprint density at radius 3 is 3.06 bits per heavy atom. The van der Waals surface area contributed by atoms with E-state index < -0.39 is 0 Å². The molecule has 0 amide bonds. The van der Waals surface area contributed by atoms with Crippen LogP contribution in [0.25, 0.3) is 10.9 Å². The summed E-state index contributed by atoms with van der Waals surface area (Å²) in [5, 5.41) is 1.40. The van der Waals surface area contributed by atoms with Crippen LogP contribution in [-0.4, -0.2) is 35.8 Å². The Labute approximate surface area is 113 Å². The summed E-state index contributed by atoms with van der Waals surface area (Å²) in [5.74, 6) is 0. The summed E-state index contributed by atoms with van der Waals surface area (Å²) in [4.78, 5) is 7.25. The average molecular weight is 260 g/mol. The minimum Gasteiger partial charge on any atom is -0.361 e. The van der Waals surface area contributed by atoms with Crippen LogP contribution in [0.15, 0.2) is 29.3 Å². The largest absolute Gasteiger partial charge is 0.361 e. The van der Waals surface area contributed by atoms with Crippen molar-refractivity contribution in [3.8, 4) is 0 Å². The smallest absolute Gasteiger partial charge is 0.0457 e. The molecule has 1 aliphatic rings. The number of likely N-dealkylation sites (N-methyl/N-ethyl adjacent to an activating group) is 1. The van der Waals surface area contributed by atoms with E-state index >= 15 is 0 Å². The lowest BCUT2D eigenvalue weighted by molar-refractivity contribution is 0.310. The number of aromatic amines is 1. The van der Waals surface area contributed by atoms with Gasteiger partial charge in [-0.2, -0.15) is 0 Å². The molecule has 1 atom stereocenters. The molecule has 2 heterocycles.